The van der Waals surface area contributed by atoms with Gasteiger partial charge in [0, 0.05) is 43.7 Å². The number of methoxy groups -OCH3 is 1. The van der Waals surface area contributed by atoms with Crippen molar-refractivity contribution in [2.24, 2.45) is 0 Å². The van der Waals surface area contributed by atoms with Crippen LogP contribution in [0.2, 0.25) is 0 Å². The van der Waals surface area contributed by atoms with Crippen molar-refractivity contribution in [2.75, 3.05) is 21.2 Å². The van der Waals surface area contributed by atoms with Crippen LogP contribution in [0, 0.1) is 0 Å². The van der Waals surface area contributed by atoms with E-state index in [4.69, 9.17) is 4.74 Å². The van der Waals surface area contributed by atoms with E-state index in [1.165, 1.54) is 38.9 Å². The first kappa shape index (κ1) is 26.6. The lowest BCUT2D eigenvalue weighted by Crippen LogP contribution is -2.41. The van der Waals surface area contributed by atoms with Crippen molar-refractivity contribution < 1.29 is 27.9 Å². The minimum Gasteiger partial charge on any atom is -0.496 e. The topological polar surface area (TPSA) is 130 Å². The van der Waals surface area contributed by atoms with Crippen LogP contribution in [0.15, 0.2) is 52.6 Å². The summed E-state index contributed by atoms with van der Waals surface area (Å²) in [6.07, 6.45) is 9.03. The Hall–Kier alpha value is -3.57. The number of nitrogens with zero attached hydrogens (tertiary/aromatic N) is 2. The SMILES string of the molecule is COc1ccc(C2CCCCC2)c2c1cc1n2CC2=C(C(=O)NS(=O)(=O)N(C)C)C2=C2C=CC[C@H](NC(=O)O)[C@@H]21. The van der Waals surface area contributed by atoms with Gasteiger partial charge in [0.05, 0.1) is 18.2 Å². The van der Waals surface area contributed by atoms with Crippen LogP contribution in [0.1, 0.15) is 61.6 Å². The van der Waals surface area contributed by atoms with Gasteiger partial charge in [-0.25, -0.2) is 9.52 Å². The molecule has 3 aliphatic carbocycles. The number of hydrogen-bond donors (Lipinski definition) is 3. The Morgan fingerprint density at radius 3 is 2.58 bits per heavy atom. The van der Waals surface area contributed by atoms with Crippen LogP contribution in [-0.2, 0) is 21.5 Å². The molecule has 0 spiro atoms. The summed E-state index contributed by atoms with van der Waals surface area (Å²) in [6, 6.07) is 5.83. The number of ether oxygens (including phenoxy) is 1. The Labute approximate surface area is 233 Å². The monoisotopic (exact) mass is 566 g/mol. The van der Waals surface area contributed by atoms with Gasteiger partial charge < -0.3 is 19.7 Å². The molecule has 40 heavy (non-hydrogen) atoms. The van der Waals surface area contributed by atoms with E-state index in [0.717, 1.165) is 56.2 Å². The van der Waals surface area contributed by atoms with E-state index < -0.39 is 28.3 Å². The standard InChI is InChI=1S/C29H34N4O6S/c1-32(2)40(37,38)31-28(34)26-20-15-33-22(25-18(24(20)26)10-7-11-21(25)30-29(35)36)14-19-23(39-3)13-12-17(27(19)33)16-8-5-4-6-9-16/h7,10,12-14,16,21,25,30H,4-6,8-9,11,15H2,1-3H3,(H,31,34)(H,35,36)/t21-,25+/m0/s1. The van der Waals surface area contributed by atoms with E-state index >= 15 is 0 Å². The van der Waals surface area contributed by atoms with Crippen molar-refractivity contribution in [3.63, 3.8) is 0 Å². The van der Waals surface area contributed by atoms with Gasteiger partial charge in [-0.1, -0.05) is 37.5 Å². The first-order valence-electron chi connectivity index (χ1n) is 13.7. The van der Waals surface area contributed by atoms with Gasteiger partial charge in [-0.2, -0.15) is 12.7 Å². The zero-order chi connectivity index (χ0) is 28.3. The number of carbonyl (C=O) groups excluding carboxylic acids is 1. The van der Waals surface area contributed by atoms with Crippen LogP contribution in [0.3, 0.4) is 0 Å². The van der Waals surface area contributed by atoms with Crippen LogP contribution >= 0.6 is 0 Å². The number of benzene rings is 1. The van der Waals surface area contributed by atoms with Crippen LogP contribution in [0.5, 0.6) is 5.75 Å². The smallest absolute Gasteiger partial charge is 0.404 e. The number of aromatic nitrogens is 1. The molecule has 2 aromatic rings. The van der Waals surface area contributed by atoms with Crippen molar-refractivity contribution in [1.29, 1.82) is 0 Å². The minimum absolute atomic E-state index is 0.360. The highest BCUT2D eigenvalue weighted by Gasteiger charge is 2.46. The molecule has 6 rings (SSSR count). The van der Waals surface area contributed by atoms with Crippen molar-refractivity contribution in [3.05, 3.63) is 63.9 Å². The summed E-state index contributed by atoms with van der Waals surface area (Å²) in [5.74, 6) is 0.115. The summed E-state index contributed by atoms with van der Waals surface area (Å²) in [5, 5.41) is 13.4. The molecule has 212 valence electrons. The van der Waals surface area contributed by atoms with Gasteiger partial charge >= 0.3 is 16.3 Å². The van der Waals surface area contributed by atoms with E-state index in [1.807, 2.05) is 18.2 Å². The average molecular weight is 567 g/mol. The number of rotatable bonds is 6. The summed E-state index contributed by atoms with van der Waals surface area (Å²) < 4.78 is 36.1. The van der Waals surface area contributed by atoms with Gasteiger partial charge in [0.15, 0.2) is 0 Å². The largest absolute Gasteiger partial charge is 0.496 e. The number of amides is 2. The zero-order valence-corrected chi connectivity index (χ0v) is 23.7. The molecule has 2 atom stereocenters. The second kappa shape index (κ2) is 9.81. The highest BCUT2D eigenvalue weighted by molar-refractivity contribution is 7.87. The quantitative estimate of drug-likeness (QED) is 0.486. The van der Waals surface area contributed by atoms with Crippen LogP contribution in [0.4, 0.5) is 4.79 Å². The van der Waals surface area contributed by atoms with E-state index in [1.54, 1.807) is 7.11 Å². The third kappa shape index (κ3) is 4.32. The molecule has 1 aliphatic heterocycles. The molecule has 10 nitrogen and oxygen atoms in total. The molecular weight excluding hydrogens is 532 g/mol. The molecule has 2 heterocycles. The lowest BCUT2D eigenvalue weighted by Gasteiger charge is -2.31. The second-order valence-electron chi connectivity index (χ2n) is 11.2. The first-order valence-corrected chi connectivity index (χ1v) is 15.1. The highest BCUT2D eigenvalue weighted by Crippen LogP contribution is 2.53. The molecule has 2 amide bonds. The molecule has 1 fully saturated rings. The van der Waals surface area contributed by atoms with Gasteiger partial charge in [0.1, 0.15) is 5.75 Å². The van der Waals surface area contributed by atoms with Crippen molar-refractivity contribution in [3.8, 4) is 5.75 Å². The number of fused-ring (bicyclic) bond motifs is 6. The van der Waals surface area contributed by atoms with Gasteiger partial charge in [-0.15, -0.1) is 0 Å². The van der Waals surface area contributed by atoms with Crippen molar-refractivity contribution in [1.82, 2.24) is 18.9 Å². The maximum atomic E-state index is 13.3. The summed E-state index contributed by atoms with van der Waals surface area (Å²) >= 11 is 0. The fourth-order valence-electron chi connectivity index (χ4n) is 6.83. The normalized spacial score (nSPS) is 22.5. The van der Waals surface area contributed by atoms with Gasteiger partial charge in [0.25, 0.3) is 5.91 Å². The number of carboxylic acid groups (broad SMARTS) is 1. The Balaban J connectivity index is 1.56. The molecule has 0 bridgehead atoms. The molecule has 1 aromatic carbocycles. The van der Waals surface area contributed by atoms with E-state index in [9.17, 15) is 23.1 Å². The molecule has 11 heteroatoms. The Bertz CT molecular complexity index is 1620. The molecule has 3 N–H and O–H groups in total. The summed E-state index contributed by atoms with van der Waals surface area (Å²) in [7, 11) is 0.394. The fraction of sp³-hybridized carbons (Fsp3) is 0.448. The maximum absolute atomic E-state index is 13.3. The number of carbonyl (C=O) groups is 2. The summed E-state index contributed by atoms with van der Waals surface area (Å²) in [4.78, 5) is 25.1. The highest BCUT2D eigenvalue weighted by atomic mass is 32.2. The lowest BCUT2D eigenvalue weighted by atomic mass is 9.81. The van der Waals surface area contributed by atoms with Gasteiger partial charge in [-0.05, 0) is 59.6 Å². The molecular formula is C29H34N4O6S. The lowest BCUT2D eigenvalue weighted by molar-refractivity contribution is -0.115. The molecule has 4 aliphatic rings. The van der Waals surface area contributed by atoms with Gasteiger partial charge in [-0.3, -0.25) is 4.79 Å². The maximum Gasteiger partial charge on any atom is 0.404 e. The Morgan fingerprint density at radius 2 is 1.90 bits per heavy atom. The third-order valence-electron chi connectivity index (χ3n) is 8.72. The van der Waals surface area contributed by atoms with Gasteiger partial charge in [0.2, 0.25) is 0 Å². The second-order valence-corrected chi connectivity index (χ2v) is 13.1. The Kier molecular flexibility index (Phi) is 6.53. The number of hydrogen-bond acceptors (Lipinski definition) is 5. The van der Waals surface area contributed by atoms with Crippen molar-refractivity contribution >= 4 is 33.1 Å². The van der Waals surface area contributed by atoms with Crippen LogP contribution in [-0.4, -0.2) is 61.6 Å². The predicted molar refractivity (Wildman–Crippen MR) is 151 cm³/mol. The first-order chi connectivity index (χ1) is 19.1. The van der Waals surface area contributed by atoms with E-state index in [2.05, 4.69) is 26.7 Å². The fourth-order valence-corrected chi connectivity index (χ4v) is 7.34. The number of allylic oxidation sites excluding steroid dienone is 2. The van der Waals surface area contributed by atoms with E-state index in [0.29, 0.717) is 24.5 Å². The van der Waals surface area contributed by atoms with Crippen LogP contribution < -0.4 is 14.8 Å². The predicted octanol–water partition coefficient (Wildman–Crippen LogP) is 3.92. The molecule has 0 unspecified atom stereocenters. The molecule has 1 saturated carbocycles. The van der Waals surface area contributed by atoms with Crippen LogP contribution in [0.25, 0.3) is 10.9 Å². The van der Waals surface area contributed by atoms with E-state index in [-0.39, 0.29) is 5.92 Å². The molecule has 0 radical (unpaired) electrons. The molecule has 1 aromatic heterocycles. The third-order valence-corrected chi connectivity index (χ3v) is 10.1. The molecule has 0 saturated heterocycles. The number of nitrogens with one attached hydrogen (secondary N) is 2. The van der Waals surface area contributed by atoms with Crippen molar-refractivity contribution in [2.45, 2.75) is 62.9 Å². The Morgan fingerprint density at radius 1 is 1.15 bits per heavy atom. The summed E-state index contributed by atoms with van der Waals surface area (Å²) in [5.41, 5.74) is 5.94. The summed E-state index contributed by atoms with van der Waals surface area (Å²) in [6.45, 7) is 0.388. The zero-order valence-electron chi connectivity index (χ0n) is 22.9. The minimum atomic E-state index is -3.98. The average Bonchev–Trinajstić information content (AvgIpc) is 3.55.